The fourth-order valence-electron chi connectivity index (χ4n) is 3.49. The van der Waals surface area contributed by atoms with Gasteiger partial charge in [-0.1, -0.05) is 49.4 Å². The summed E-state index contributed by atoms with van der Waals surface area (Å²) in [5.41, 5.74) is 1.85. The van der Waals surface area contributed by atoms with E-state index < -0.39 is 12.0 Å². The Balaban J connectivity index is 1.89. The summed E-state index contributed by atoms with van der Waals surface area (Å²) < 4.78 is 5.11. The molecule has 0 bridgehead atoms. The van der Waals surface area contributed by atoms with Crippen LogP contribution in [0.3, 0.4) is 0 Å². The minimum absolute atomic E-state index is 0.299. The summed E-state index contributed by atoms with van der Waals surface area (Å²) in [5, 5.41) is 0. The third-order valence-corrected chi connectivity index (χ3v) is 4.82. The molecule has 0 unspecified atom stereocenters. The number of carbonyl (C=O) groups is 3. The van der Waals surface area contributed by atoms with Crippen molar-refractivity contribution in [3.63, 3.8) is 0 Å². The molecule has 0 fully saturated rings. The van der Waals surface area contributed by atoms with E-state index >= 15 is 0 Å². The summed E-state index contributed by atoms with van der Waals surface area (Å²) >= 11 is 0. The molecule has 0 saturated heterocycles. The van der Waals surface area contributed by atoms with Crippen LogP contribution in [0.2, 0.25) is 0 Å². The Hall–Kier alpha value is -2.95. The number of nitrogens with zero attached hydrogens (tertiary/aromatic N) is 1. The van der Waals surface area contributed by atoms with Gasteiger partial charge in [-0.3, -0.25) is 19.3 Å². The van der Waals surface area contributed by atoms with Crippen LogP contribution in [0.15, 0.2) is 54.6 Å². The van der Waals surface area contributed by atoms with E-state index in [4.69, 9.17) is 4.74 Å². The molecule has 2 atom stereocenters. The monoisotopic (exact) mass is 365 g/mol. The van der Waals surface area contributed by atoms with Crippen LogP contribution in [0, 0.1) is 5.92 Å². The van der Waals surface area contributed by atoms with Gasteiger partial charge in [0.15, 0.2) is 0 Å². The van der Waals surface area contributed by atoms with Crippen molar-refractivity contribution in [2.24, 2.45) is 5.92 Å². The van der Waals surface area contributed by atoms with Crippen molar-refractivity contribution in [1.29, 1.82) is 0 Å². The average Bonchev–Trinajstić information content (AvgIpc) is 2.93. The largest absolute Gasteiger partial charge is 0.466 e. The van der Waals surface area contributed by atoms with E-state index in [1.54, 1.807) is 38.1 Å². The number of imide groups is 1. The van der Waals surface area contributed by atoms with Gasteiger partial charge in [0.1, 0.15) is 0 Å². The van der Waals surface area contributed by atoms with Crippen LogP contribution in [0.5, 0.6) is 0 Å². The number of carbonyl (C=O) groups excluding carboxylic acids is 3. The molecule has 2 amide bonds. The molecule has 27 heavy (non-hydrogen) atoms. The predicted octanol–water partition coefficient (Wildman–Crippen LogP) is 3.48. The molecule has 0 aliphatic carbocycles. The zero-order valence-electron chi connectivity index (χ0n) is 15.6. The molecule has 1 aliphatic rings. The van der Waals surface area contributed by atoms with E-state index in [1.807, 2.05) is 30.3 Å². The first kappa shape index (κ1) is 18.8. The smallest absolute Gasteiger partial charge is 0.308 e. The molecule has 0 N–H and O–H groups in total. The molecule has 0 saturated carbocycles. The zero-order chi connectivity index (χ0) is 19.4. The van der Waals surface area contributed by atoms with E-state index in [1.165, 1.54) is 4.90 Å². The highest BCUT2D eigenvalue weighted by atomic mass is 16.5. The quantitative estimate of drug-likeness (QED) is 0.557. The molecule has 3 rings (SSSR count). The lowest BCUT2D eigenvalue weighted by Crippen LogP contribution is -2.43. The maximum Gasteiger partial charge on any atom is 0.308 e. The molecule has 140 valence electrons. The second-order valence-corrected chi connectivity index (χ2v) is 6.76. The third-order valence-electron chi connectivity index (χ3n) is 4.82. The van der Waals surface area contributed by atoms with Gasteiger partial charge in [-0.25, -0.2) is 0 Å². The number of hydrogen-bond donors (Lipinski definition) is 0. The topological polar surface area (TPSA) is 63.7 Å². The number of hydrogen-bond acceptors (Lipinski definition) is 4. The summed E-state index contributed by atoms with van der Waals surface area (Å²) in [5.74, 6) is -1.32. The number of fused-ring (bicyclic) bond motifs is 1. The van der Waals surface area contributed by atoms with Crippen molar-refractivity contribution in [1.82, 2.24) is 4.90 Å². The molecule has 2 aromatic carbocycles. The maximum atomic E-state index is 12.9. The Labute approximate surface area is 158 Å². The number of rotatable bonds is 7. The molecular formula is C22H23NO4. The average molecular weight is 365 g/mol. The van der Waals surface area contributed by atoms with Gasteiger partial charge in [-0.15, -0.1) is 0 Å². The van der Waals surface area contributed by atoms with Crippen molar-refractivity contribution in [2.75, 3.05) is 6.61 Å². The lowest BCUT2D eigenvalue weighted by molar-refractivity contribution is -0.148. The van der Waals surface area contributed by atoms with E-state index in [2.05, 4.69) is 0 Å². The molecule has 0 aromatic heterocycles. The lowest BCUT2D eigenvalue weighted by Gasteiger charge is -2.28. The van der Waals surface area contributed by atoms with Crippen LogP contribution < -0.4 is 0 Å². The van der Waals surface area contributed by atoms with Gasteiger partial charge >= 0.3 is 5.97 Å². The first-order chi connectivity index (χ1) is 13.0. The zero-order valence-corrected chi connectivity index (χ0v) is 15.6. The second kappa shape index (κ2) is 8.16. The highest BCUT2D eigenvalue weighted by Crippen LogP contribution is 2.28. The number of benzene rings is 2. The summed E-state index contributed by atoms with van der Waals surface area (Å²) in [6.45, 7) is 3.84. The molecule has 5 nitrogen and oxygen atoms in total. The molecule has 0 spiro atoms. The Kier molecular flexibility index (Phi) is 5.69. The van der Waals surface area contributed by atoms with Crippen molar-refractivity contribution >= 4 is 17.8 Å². The summed E-state index contributed by atoms with van der Waals surface area (Å²) in [4.78, 5) is 39.2. The van der Waals surface area contributed by atoms with Crippen molar-refractivity contribution in [3.8, 4) is 0 Å². The SMILES string of the molecule is CCOC(=O)[C@@H](C)C[C@H](Cc1ccccc1)N1C(=O)c2ccccc2C1=O. The van der Waals surface area contributed by atoms with Crippen LogP contribution >= 0.6 is 0 Å². The van der Waals surface area contributed by atoms with Crippen molar-refractivity contribution in [2.45, 2.75) is 32.7 Å². The van der Waals surface area contributed by atoms with Gasteiger partial charge in [0, 0.05) is 6.04 Å². The maximum absolute atomic E-state index is 12.9. The van der Waals surface area contributed by atoms with Crippen LogP contribution in [-0.4, -0.2) is 35.3 Å². The third kappa shape index (κ3) is 3.92. The predicted molar refractivity (Wildman–Crippen MR) is 101 cm³/mol. The lowest BCUT2D eigenvalue weighted by atomic mass is 9.95. The van der Waals surface area contributed by atoms with Crippen molar-refractivity contribution in [3.05, 3.63) is 71.3 Å². The van der Waals surface area contributed by atoms with Gasteiger partial charge in [0.05, 0.1) is 23.7 Å². The second-order valence-electron chi connectivity index (χ2n) is 6.76. The van der Waals surface area contributed by atoms with Crippen LogP contribution in [-0.2, 0) is 16.0 Å². The molecular weight excluding hydrogens is 342 g/mol. The molecule has 0 radical (unpaired) electrons. The summed E-state index contributed by atoms with van der Waals surface area (Å²) in [6.07, 6.45) is 0.856. The Morgan fingerprint density at radius 3 is 2.07 bits per heavy atom. The first-order valence-corrected chi connectivity index (χ1v) is 9.20. The number of ether oxygens (including phenoxy) is 1. The Bertz CT molecular complexity index is 811. The van der Waals surface area contributed by atoms with E-state index in [0.29, 0.717) is 30.6 Å². The van der Waals surface area contributed by atoms with E-state index in [-0.39, 0.29) is 17.8 Å². The van der Waals surface area contributed by atoms with Gasteiger partial charge < -0.3 is 4.74 Å². The van der Waals surface area contributed by atoms with Crippen LogP contribution in [0.1, 0.15) is 46.5 Å². The number of amides is 2. The van der Waals surface area contributed by atoms with Crippen molar-refractivity contribution < 1.29 is 19.1 Å². The molecule has 2 aromatic rings. The summed E-state index contributed by atoms with van der Waals surface area (Å²) in [7, 11) is 0. The minimum Gasteiger partial charge on any atom is -0.466 e. The first-order valence-electron chi connectivity index (χ1n) is 9.20. The number of esters is 1. The van der Waals surface area contributed by atoms with Crippen LogP contribution in [0.4, 0.5) is 0 Å². The fraction of sp³-hybridized carbons (Fsp3) is 0.318. The Morgan fingerprint density at radius 1 is 0.963 bits per heavy atom. The molecule has 1 aliphatic heterocycles. The van der Waals surface area contributed by atoms with Crippen LogP contribution in [0.25, 0.3) is 0 Å². The van der Waals surface area contributed by atoms with Gasteiger partial charge in [0.2, 0.25) is 0 Å². The summed E-state index contributed by atoms with van der Waals surface area (Å²) in [6, 6.07) is 16.1. The molecule has 1 heterocycles. The standard InChI is InChI=1S/C22H23NO4/c1-3-27-22(26)15(2)13-17(14-16-9-5-4-6-10-16)23-20(24)18-11-7-8-12-19(18)21(23)25/h4-12,15,17H,3,13-14H2,1-2H3/t15-,17+/m0/s1. The highest BCUT2D eigenvalue weighted by Gasteiger charge is 2.40. The highest BCUT2D eigenvalue weighted by molar-refractivity contribution is 6.21. The minimum atomic E-state index is -0.417. The van der Waals surface area contributed by atoms with Gasteiger partial charge in [0.25, 0.3) is 11.8 Å². The Morgan fingerprint density at radius 2 is 1.52 bits per heavy atom. The fourth-order valence-corrected chi connectivity index (χ4v) is 3.49. The van der Waals surface area contributed by atoms with Gasteiger partial charge in [-0.2, -0.15) is 0 Å². The van der Waals surface area contributed by atoms with Gasteiger partial charge in [-0.05, 0) is 37.5 Å². The van der Waals surface area contributed by atoms with E-state index in [0.717, 1.165) is 5.56 Å². The normalized spacial score (nSPS) is 15.4. The van der Waals surface area contributed by atoms with E-state index in [9.17, 15) is 14.4 Å². The molecule has 5 heteroatoms.